The summed E-state index contributed by atoms with van der Waals surface area (Å²) in [4.78, 5) is 12.0. The first-order valence-corrected chi connectivity index (χ1v) is 6.76. The fraction of sp³-hybridized carbons (Fsp3) is 0.385. The predicted octanol–water partition coefficient (Wildman–Crippen LogP) is 0.184. The van der Waals surface area contributed by atoms with Crippen molar-refractivity contribution in [2.24, 2.45) is 0 Å². The number of morpholine rings is 1. The number of hydrogen-bond donors (Lipinski definition) is 3. The van der Waals surface area contributed by atoms with Gasteiger partial charge in [0, 0.05) is 30.3 Å². The van der Waals surface area contributed by atoms with E-state index in [4.69, 9.17) is 4.74 Å². The fourth-order valence-electron chi connectivity index (χ4n) is 2.21. The first kappa shape index (κ1) is 13.7. The summed E-state index contributed by atoms with van der Waals surface area (Å²) in [6, 6.07) is 7.40. The second kappa shape index (κ2) is 6.42. The number of tetrazole rings is 1. The highest BCUT2D eigenvalue weighted by atomic mass is 16.5. The van der Waals surface area contributed by atoms with Crippen LogP contribution in [0.1, 0.15) is 6.42 Å². The molecule has 1 saturated heterocycles. The Kier molecular flexibility index (Phi) is 4.17. The maximum Gasteiger partial charge on any atom is 0.226 e. The zero-order chi connectivity index (χ0) is 14.5. The number of nitrogens with one attached hydrogen (secondary N) is 3. The summed E-state index contributed by atoms with van der Waals surface area (Å²) in [6.07, 6.45) is 0.381. The predicted molar refractivity (Wildman–Crippen MR) is 75.5 cm³/mol. The quantitative estimate of drug-likeness (QED) is 0.741. The summed E-state index contributed by atoms with van der Waals surface area (Å²) in [5.41, 5.74) is 1.50. The molecular formula is C13H16N6O2. The Hall–Kier alpha value is -2.32. The lowest BCUT2D eigenvalue weighted by Gasteiger charge is -2.23. The van der Waals surface area contributed by atoms with Crippen LogP contribution in [0.3, 0.4) is 0 Å². The number of amides is 1. The van der Waals surface area contributed by atoms with E-state index >= 15 is 0 Å². The lowest BCUT2D eigenvalue weighted by atomic mass is 10.1. The van der Waals surface area contributed by atoms with Crippen molar-refractivity contribution in [1.82, 2.24) is 25.9 Å². The highest BCUT2D eigenvalue weighted by Gasteiger charge is 2.17. The van der Waals surface area contributed by atoms with Gasteiger partial charge in [0.2, 0.25) is 11.7 Å². The summed E-state index contributed by atoms with van der Waals surface area (Å²) in [5.74, 6) is 0.441. The Labute approximate surface area is 121 Å². The maximum absolute atomic E-state index is 12.0. The molecule has 0 aliphatic carbocycles. The fourth-order valence-corrected chi connectivity index (χ4v) is 2.21. The Bertz CT molecular complexity index is 594. The Morgan fingerprint density at radius 2 is 2.43 bits per heavy atom. The van der Waals surface area contributed by atoms with Crippen molar-refractivity contribution in [3.63, 3.8) is 0 Å². The van der Waals surface area contributed by atoms with Crippen molar-refractivity contribution in [2.45, 2.75) is 12.5 Å². The minimum Gasteiger partial charge on any atom is -0.378 e. The molecule has 8 heteroatoms. The number of carbonyl (C=O) groups excluding carboxylic acids is 1. The molecule has 0 spiro atoms. The van der Waals surface area contributed by atoms with Crippen molar-refractivity contribution >= 4 is 11.6 Å². The Morgan fingerprint density at radius 1 is 1.48 bits per heavy atom. The van der Waals surface area contributed by atoms with Crippen molar-refractivity contribution in [3.8, 4) is 11.4 Å². The molecule has 2 heterocycles. The van der Waals surface area contributed by atoms with E-state index in [-0.39, 0.29) is 11.9 Å². The van der Waals surface area contributed by atoms with Gasteiger partial charge in [-0.2, -0.15) is 5.21 Å². The standard InChI is InChI=1S/C13H16N6O2/c20-12(7-11-8-21-5-4-14-11)15-10-3-1-2-9(6-10)13-16-18-19-17-13/h1-3,6,11,14H,4-5,7-8H2,(H,15,20)(H,16,17,18,19). The van der Waals surface area contributed by atoms with Crippen LogP contribution in [0, 0.1) is 0 Å². The maximum atomic E-state index is 12.0. The third-order valence-electron chi connectivity index (χ3n) is 3.18. The monoisotopic (exact) mass is 288 g/mol. The molecule has 1 unspecified atom stereocenters. The average molecular weight is 288 g/mol. The van der Waals surface area contributed by atoms with Gasteiger partial charge in [-0.15, -0.1) is 10.2 Å². The van der Waals surface area contributed by atoms with E-state index in [1.807, 2.05) is 24.3 Å². The summed E-state index contributed by atoms with van der Waals surface area (Å²) in [5, 5.41) is 19.9. The van der Waals surface area contributed by atoms with E-state index in [2.05, 4.69) is 31.3 Å². The highest BCUT2D eigenvalue weighted by Crippen LogP contribution is 2.18. The lowest BCUT2D eigenvalue weighted by molar-refractivity contribution is -0.117. The molecule has 0 bridgehead atoms. The molecule has 1 atom stereocenters. The Balaban J connectivity index is 1.62. The zero-order valence-electron chi connectivity index (χ0n) is 11.4. The zero-order valence-corrected chi connectivity index (χ0v) is 11.4. The average Bonchev–Trinajstić information content (AvgIpc) is 3.02. The van der Waals surface area contributed by atoms with Gasteiger partial charge in [-0.05, 0) is 17.3 Å². The summed E-state index contributed by atoms with van der Waals surface area (Å²) < 4.78 is 5.33. The van der Waals surface area contributed by atoms with Gasteiger partial charge in [0.15, 0.2) is 0 Å². The van der Waals surface area contributed by atoms with Gasteiger partial charge in [-0.3, -0.25) is 4.79 Å². The molecule has 0 radical (unpaired) electrons. The second-order valence-electron chi connectivity index (χ2n) is 4.79. The topological polar surface area (TPSA) is 105 Å². The van der Waals surface area contributed by atoms with E-state index in [1.54, 1.807) is 0 Å². The number of benzene rings is 1. The number of aromatic nitrogens is 4. The minimum atomic E-state index is -0.0525. The van der Waals surface area contributed by atoms with Gasteiger partial charge >= 0.3 is 0 Å². The van der Waals surface area contributed by atoms with Crippen LogP contribution in [0.5, 0.6) is 0 Å². The Morgan fingerprint density at radius 3 is 3.19 bits per heavy atom. The van der Waals surface area contributed by atoms with Crippen LogP contribution in [0.4, 0.5) is 5.69 Å². The van der Waals surface area contributed by atoms with Crippen molar-refractivity contribution in [3.05, 3.63) is 24.3 Å². The summed E-state index contributed by atoms with van der Waals surface area (Å²) >= 11 is 0. The van der Waals surface area contributed by atoms with Gasteiger partial charge in [0.25, 0.3) is 0 Å². The molecule has 1 aromatic carbocycles. The van der Waals surface area contributed by atoms with Gasteiger partial charge < -0.3 is 15.4 Å². The van der Waals surface area contributed by atoms with Crippen LogP contribution in [-0.2, 0) is 9.53 Å². The van der Waals surface area contributed by atoms with Crippen molar-refractivity contribution < 1.29 is 9.53 Å². The number of rotatable bonds is 4. The van der Waals surface area contributed by atoms with E-state index in [0.29, 0.717) is 31.1 Å². The van der Waals surface area contributed by atoms with Crippen LogP contribution < -0.4 is 10.6 Å². The molecule has 3 rings (SSSR count). The van der Waals surface area contributed by atoms with Gasteiger partial charge in [-0.25, -0.2) is 0 Å². The third-order valence-corrected chi connectivity index (χ3v) is 3.18. The molecule has 1 aliphatic heterocycles. The molecule has 0 saturated carbocycles. The number of aromatic amines is 1. The number of nitrogens with zero attached hydrogens (tertiary/aromatic N) is 3. The summed E-state index contributed by atoms with van der Waals surface area (Å²) in [6.45, 7) is 2.05. The molecule has 1 aliphatic rings. The first-order chi connectivity index (χ1) is 10.3. The van der Waals surface area contributed by atoms with E-state index in [1.165, 1.54) is 0 Å². The van der Waals surface area contributed by atoms with Crippen LogP contribution in [0.15, 0.2) is 24.3 Å². The summed E-state index contributed by atoms with van der Waals surface area (Å²) in [7, 11) is 0. The van der Waals surface area contributed by atoms with Gasteiger partial charge in [0.1, 0.15) is 0 Å². The molecule has 110 valence electrons. The van der Waals surface area contributed by atoms with Crippen LogP contribution >= 0.6 is 0 Å². The van der Waals surface area contributed by atoms with Crippen LogP contribution in [-0.4, -0.2) is 52.3 Å². The highest BCUT2D eigenvalue weighted by molar-refractivity contribution is 5.91. The number of carbonyl (C=O) groups is 1. The number of hydrogen-bond acceptors (Lipinski definition) is 6. The molecule has 3 N–H and O–H groups in total. The molecular weight excluding hydrogens is 272 g/mol. The van der Waals surface area contributed by atoms with Gasteiger partial charge in [0.05, 0.1) is 13.2 Å². The van der Waals surface area contributed by atoms with E-state index in [9.17, 15) is 4.79 Å². The number of H-pyrrole nitrogens is 1. The van der Waals surface area contributed by atoms with Crippen molar-refractivity contribution in [1.29, 1.82) is 0 Å². The normalized spacial score (nSPS) is 18.4. The molecule has 21 heavy (non-hydrogen) atoms. The van der Waals surface area contributed by atoms with Gasteiger partial charge in [-0.1, -0.05) is 12.1 Å². The second-order valence-corrected chi connectivity index (χ2v) is 4.79. The number of anilines is 1. The van der Waals surface area contributed by atoms with E-state index < -0.39 is 0 Å². The minimum absolute atomic E-state index is 0.0525. The molecule has 8 nitrogen and oxygen atoms in total. The van der Waals surface area contributed by atoms with Crippen LogP contribution in [0.25, 0.3) is 11.4 Å². The first-order valence-electron chi connectivity index (χ1n) is 6.76. The number of ether oxygens (including phenoxy) is 1. The SMILES string of the molecule is O=C(CC1COCCN1)Nc1cccc(-c2nn[nH]n2)c1. The lowest BCUT2D eigenvalue weighted by Crippen LogP contribution is -2.43. The smallest absolute Gasteiger partial charge is 0.226 e. The molecule has 1 amide bonds. The molecule has 2 aromatic rings. The van der Waals surface area contributed by atoms with Crippen molar-refractivity contribution in [2.75, 3.05) is 25.1 Å². The molecule has 1 fully saturated rings. The van der Waals surface area contributed by atoms with Crippen LogP contribution in [0.2, 0.25) is 0 Å². The molecule has 1 aromatic heterocycles. The third kappa shape index (κ3) is 3.61. The largest absolute Gasteiger partial charge is 0.378 e. The van der Waals surface area contributed by atoms with E-state index in [0.717, 1.165) is 12.1 Å².